The molecule has 3 rings (SSSR count). The second kappa shape index (κ2) is 10.7. The minimum atomic E-state index is -3.78. The molecule has 0 saturated carbocycles. The van der Waals surface area contributed by atoms with Gasteiger partial charge in [-0.15, -0.1) is 0 Å². The topological polar surface area (TPSA) is 67.8 Å². The number of rotatable bonds is 7. The Morgan fingerprint density at radius 3 is 2.23 bits per heavy atom. The van der Waals surface area contributed by atoms with Crippen LogP contribution in [0.5, 0.6) is 5.75 Å². The molecule has 0 bridgehead atoms. The molecule has 30 heavy (non-hydrogen) atoms. The summed E-state index contributed by atoms with van der Waals surface area (Å²) in [6.07, 6.45) is 1.39. The molecule has 0 aliphatic heterocycles. The van der Waals surface area contributed by atoms with Crippen molar-refractivity contribution in [2.24, 2.45) is 5.10 Å². The van der Waals surface area contributed by atoms with E-state index in [2.05, 4.69) is 14.7 Å². The standard InChI is InChI=1S/C21H18F2N2O3S.Na/c1-15-6-12-19(13-7-15)29(26,27)25-24-14-17-4-2-3-5-20(17)16-8-10-18(11-9-16)28-21(22)23;/h2-14,21,25H,1H3;. The summed E-state index contributed by atoms with van der Waals surface area (Å²) in [5.74, 6) is 0.0563. The summed E-state index contributed by atoms with van der Waals surface area (Å²) < 4.78 is 53.6. The van der Waals surface area contributed by atoms with Gasteiger partial charge in [0, 0.05) is 35.1 Å². The normalized spacial score (nSPS) is 11.3. The van der Waals surface area contributed by atoms with Crippen LogP contribution in [0, 0.1) is 6.92 Å². The number of nitrogens with one attached hydrogen (secondary N) is 1. The second-order valence-corrected chi connectivity index (χ2v) is 7.82. The molecule has 5 nitrogen and oxygen atoms in total. The van der Waals surface area contributed by atoms with Crippen molar-refractivity contribution >= 4 is 45.8 Å². The number of hydrazone groups is 1. The summed E-state index contributed by atoms with van der Waals surface area (Å²) in [6, 6.07) is 19.8. The Labute approximate surface area is 196 Å². The van der Waals surface area contributed by atoms with Crippen molar-refractivity contribution in [1.29, 1.82) is 0 Å². The minimum absolute atomic E-state index is 0. The molecule has 0 saturated heterocycles. The van der Waals surface area contributed by atoms with E-state index >= 15 is 0 Å². The predicted octanol–water partition coefficient (Wildman–Crippen LogP) is 4.20. The quantitative estimate of drug-likeness (QED) is 0.341. The third kappa shape index (κ3) is 6.37. The fourth-order valence-electron chi connectivity index (χ4n) is 2.62. The monoisotopic (exact) mass is 439 g/mol. The SMILES string of the molecule is Cc1ccc(S(=O)(=O)NN=Cc2ccccc2-c2ccc(OC(F)F)cc2)cc1.[Na]. The van der Waals surface area contributed by atoms with Gasteiger partial charge in [-0.25, -0.2) is 4.83 Å². The molecule has 0 amide bonds. The van der Waals surface area contributed by atoms with Gasteiger partial charge in [0.15, 0.2) is 0 Å². The van der Waals surface area contributed by atoms with Crippen molar-refractivity contribution in [1.82, 2.24) is 4.83 Å². The molecular formula is C21H18F2N2NaO3S. The molecule has 1 N–H and O–H groups in total. The minimum Gasteiger partial charge on any atom is -0.435 e. The van der Waals surface area contributed by atoms with E-state index in [0.29, 0.717) is 5.56 Å². The molecule has 9 heteroatoms. The number of ether oxygens (including phenoxy) is 1. The van der Waals surface area contributed by atoms with Crippen LogP contribution in [-0.4, -0.2) is 50.8 Å². The third-order valence-electron chi connectivity index (χ3n) is 4.06. The van der Waals surface area contributed by atoms with E-state index in [1.807, 2.05) is 19.1 Å². The Hall–Kier alpha value is -2.26. The smallest absolute Gasteiger partial charge is 0.387 e. The predicted molar refractivity (Wildman–Crippen MR) is 113 cm³/mol. The van der Waals surface area contributed by atoms with E-state index in [-0.39, 0.29) is 40.2 Å². The van der Waals surface area contributed by atoms with Crippen LogP contribution in [0.3, 0.4) is 0 Å². The summed E-state index contributed by atoms with van der Waals surface area (Å²) >= 11 is 0. The maximum atomic E-state index is 12.3. The van der Waals surface area contributed by atoms with Crippen LogP contribution < -0.4 is 9.57 Å². The van der Waals surface area contributed by atoms with Gasteiger partial charge >= 0.3 is 6.61 Å². The first-order valence-electron chi connectivity index (χ1n) is 8.61. The number of aryl methyl sites for hydroxylation is 1. The van der Waals surface area contributed by atoms with Crippen LogP contribution in [0.25, 0.3) is 11.1 Å². The summed E-state index contributed by atoms with van der Waals surface area (Å²) in [5, 5.41) is 3.87. The maximum absolute atomic E-state index is 12.3. The summed E-state index contributed by atoms with van der Waals surface area (Å²) in [4.78, 5) is 2.30. The number of hydrogen-bond acceptors (Lipinski definition) is 4. The van der Waals surface area contributed by atoms with E-state index in [4.69, 9.17) is 0 Å². The van der Waals surface area contributed by atoms with E-state index in [0.717, 1.165) is 16.7 Å². The molecule has 3 aromatic carbocycles. The molecule has 0 fully saturated rings. The van der Waals surface area contributed by atoms with Crippen LogP contribution in [-0.2, 0) is 10.0 Å². The van der Waals surface area contributed by atoms with Gasteiger partial charge in [-0.1, -0.05) is 54.1 Å². The van der Waals surface area contributed by atoms with E-state index < -0.39 is 16.6 Å². The first-order valence-corrected chi connectivity index (χ1v) is 10.1. The molecular weight excluding hydrogens is 421 g/mol. The Morgan fingerprint density at radius 1 is 0.967 bits per heavy atom. The van der Waals surface area contributed by atoms with Crippen LogP contribution >= 0.6 is 0 Å². The van der Waals surface area contributed by atoms with E-state index in [1.54, 1.807) is 36.4 Å². The van der Waals surface area contributed by atoms with Gasteiger partial charge in [-0.2, -0.15) is 22.3 Å². The average Bonchev–Trinajstić information content (AvgIpc) is 2.69. The zero-order valence-electron chi connectivity index (χ0n) is 16.4. The number of benzene rings is 3. The molecule has 0 unspecified atom stereocenters. The summed E-state index contributed by atoms with van der Waals surface area (Å²) in [6.45, 7) is -1.02. The summed E-state index contributed by atoms with van der Waals surface area (Å²) in [7, 11) is -3.78. The van der Waals surface area contributed by atoms with Crippen molar-refractivity contribution in [2.75, 3.05) is 0 Å². The number of sulfonamides is 1. The first-order chi connectivity index (χ1) is 13.8. The van der Waals surface area contributed by atoms with Crippen LogP contribution in [0.2, 0.25) is 0 Å². The molecule has 0 spiro atoms. The number of halogens is 2. The molecule has 1 radical (unpaired) electrons. The Morgan fingerprint density at radius 2 is 1.60 bits per heavy atom. The van der Waals surface area contributed by atoms with Gasteiger partial charge in [0.25, 0.3) is 10.0 Å². The van der Waals surface area contributed by atoms with Crippen LogP contribution in [0.15, 0.2) is 82.8 Å². The zero-order valence-corrected chi connectivity index (χ0v) is 19.2. The van der Waals surface area contributed by atoms with Crippen molar-refractivity contribution in [2.45, 2.75) is 18.4 Å². The Bertz CT molecular complexity index is 1100. The molecule has 3 aromatic rings. The molecule has 0 aromatic heterocycles. The van der Waals surface area contributed by atoms with E-state index in [1.165, 1.54) is 30.5 Å². The van der Waals surface area contributed by atoms with Gasteiger partial charge in [-0.3, -0.25) is 0 Å². The third-order valence-corrected chi connectivity index (χ3v) is 5.30. The van der Waals surface area contributed by atoms with Crippen molar-refractivity contribution in [3.05, 3.63) is 83.9 Å². The molecule has 0 atom stereocenters. The Kier molecular flexibility index (Phi) is 8.54. The van der Waals surface area contributed by atoms with Crippen LogP contribution in [0.1, 0.15) is 11.1 Å². The van der Waals surface area contributed by atoms with Crippen molar-refractivity contribution in [3.63, 3.8) is 0 Å². The first kappa shape index (κ1) is 24.0. The number of nitrogens with zero attached hydrogens (tertiary/aromatic N) is 1. The van der Waals surface area contributed by atoms with Gasteiger partial charge in [-0.05, 0) is 42.3 Å². The fourth-order valence-corrected chi connectivity index (χ4v) is 3.42. The van der Waals surface area contributed by atoms with Gasteiger partial charge in [0.05, 0.1) is 11.1 Å². The second-order valence-electron chi connectivity index (χ2n) is 6.16. The number of alkyl halides is 2. The Balaban J connectivity index is 0.00000320. The van der Waals surface area contributed by atoms with Gasteiger partial charge < -0.3 is 4.74 Å². The van der Waals surface area contributed by atoms with Crippen LogP contribution in [0.4, 0.5) is 8.78 Å². The van der Waals surface area contributed by atoms with Gasteiger partial charge in [0.2, 0.25) is 0 Å². The largest absolute Gasteiger partial charge is 0.435 e. The maximum Gasteiger partial charge on any atom is 0.387 e. The number of hydrogen-bond donors (Lipinski definition) is 1. The fraction of sp³-hybridized carbons (Fsp3) is 0.0952. The molecule has 151 valence electrons. The van der Waals surface area contributed by atoms with Crippen molar-refractivity contribution in [3.8, 4) is 16.9 Å². The molecule has 0 aliphatic carbocycles. The van der Waals surface area contributed by atoms with E-state index in [9.17, 15) is 17.2 Å². The van der Waals surface area contributed by atoms with Gasteiger partial charge in [0.1, 0.15) is 5.75 Å². The summed E-state index contributed by atoms with van der Waals surface area (Å²) in [5.41, 5.74) is 3.11. The van der Waals surface area contributed by atoms with Crippen molar-refractivity contribution < 1.29 is 21.9 Å². The zero-order chi connectivity index (χ0) is 20.9. The molecule has 0 heterocycles. The molecule has 0 aliphatic rings. The average molecular weight is 439 g/mol.